The summed E-state index contributed by atoms with van der Waals surface area (Å²) < 4.78 is 84.4. The van der Waals surface area contributed by atoms with Crippen molar-refractivity contribution in [2.24, 2.45) is 0 Å². The molecule has 164 valence electrons. The first-order valence-corrected chi connectivity index (χ1v) is 10.2. The van der Waals surface area contributed by atoms with Crippen molar-refractivity contribution in [2.75, 3.05) is 25.5 Å². The van der Waals surface area contributed by atoms with Crippen molar-refractivity contribution in [2.45, 2.75) is 18.0 Å². The Balaban J connectivity index is 2.31. The Morgan fingerprint density at radius 2 is 1.87 bits per heavy atom. The highest BCUT2D eigenvalue weighted by Gasteiger charge is 2.35. The number of amides is 1. The topological polar surface area (TPSA) is 75.7 Å². The van der Waals surface area contributed by atoms with E-state index in [2.05, 4.69) is 0 Å². The van der Waals surface area contributed by atoms with E-state index in [4.69, 9.17) is 16.3 Å². The maximum absolute atomic E-state index is 13.6. The first kappa shape index (κ1) is 23.9. The van der Waals surface area contributed by atoms with Gasteiger partial charge in [0.15, 0.2) is 0 Å². The largest absolute Gasteiger partial charge is 0.495 e. The second-order valence-corrected chi connectivity index (χ2v) is 8.31. The number of hydrogen-bond acceptors (Lipinski definition) is 4. The van der Waals surface area contributed by atoms with E-state index in [1.165, 1.54) is 14.0 Å². The number of halogens is 5. The van der Waals surface area contributed by atoms with E-state index < -0.39 is 50.6 Å². The number of benzene rings is 2. The number of hydrogen-bond donors (Lipinski definition) is 1. The molecule has 0 heterocycles. The monoisotopic (exact) mass is 468 g/mol. The van der Waals surface area contributed by atoms with Crippen LogP contribution < -0.4 is 10.1 Å². The molecule has 0 spiro atoms. The summed E-state index contributed by atoms with van der Waals surface area (Å²) in [5.41, 5.74) is -1.75. The zero-order valence-corrected chi connectivity index (χ0v) is 17.3. The SMILES string of the molecule is CCN(CC(=O)Nc1ccc(Cl)cc1C(F)(F)F)S(=O)(=O)c1cc(F)ccc1OC. The van der Waals surface area contributed by atoms with Crippen molar-refractivity contribution in [1.29, 1.82) is 0 Å². The molecular weight excluding hydrogens is 452 g/mol. The molecule has 1 amide bonds. The van der Waals surface area contributed by atoms with Crippen LogP contribution in [0.15, 0.2) is 41.3 Å². The minimum Gasteiger partial charge on any atom is -0.495 e. The zero-order valence-electron chi connectivity index (χ0n) is 15.8. The van der Waals surface area contributed by atoms with Crippen LogP contribution in [-0.2, 0) is 21.0 Å². The Morgan fingerprint density at radius 1 is 1.20 bits per heavy atom. The summed E-state index contributed by atoms with van der Waals surface area (Å²) in [6, 6.07) is 5.60. The lowest BCUT2D eigenvalue weighted by molar-refractivity contribution is -0.137. The predicted octanol–water partition coefficient (Wildman–Crippen LogP) is 4.16. The number of nitrogens with zero attached hydrogens (tertiary/aromatic N) is 1. The van der Waals surface area contributed by atoms with Crippen LogP contribution in [0.4, 0.5) is 23.2 Å². The number of methoxy groups -OCH3 is 1. The second-order valence-electron chi connectivity index (χ2n) is 5.96. The number of likely N-dealkylation sites (N-methyl/N-ethyl adjacent to an activating group) is 1. The summed E-state index contributed by atoms with van der Waals surface area (Å²) in [4.78, 5) is 11.8. The molecule has 0 fully saturated rings. The summed E-state index contributed by atoms with van der Waals surface area (Å²) in [6.45, 7) is 0.403. The number of rotatable bonds is 7. The molecule has 0 unspecified atom stereocenters. The van der Waals surface area contributed by atoms with Crippen LogP contribution in [0.2, 0.25) is 5.02 Å². The molecule has 2 aromatic rings. The lowest BCUT2D eigenvalue weighted by Gasteiger charge is -2.22. The summed E-state index contributed by atoms with van der Waals surface area (Å²) in [5, 5.41) is 1.86. The molecule has 0 radical (unpaired) electrons. The molecule has 0 aliphatic rings. The van der Waals surface area contributed by atoms with Crippen LogP contribution in [0.25, 0.3) is 0 Å². The maximum atomic E-state index is 13.6. The fourth-order valence-electron chi connectivity index (χ4n) is 2.57. The Hall–Kier alpha value is -2.37. The second kappa shape index (κ2) is 9.19. The molecule has 0 saturated heterocycles. The van der Waals surface area contributed by atoms with Gasteiger partial charge in [-0.2, -0.15) is 17.5 Å². The average Bonchev–Trinajstić information content (AvgIpc) is 2.66. The van der Waals surface area contributed by atoms with Crippen molar-refractivity contribution in [3.63, 3.8) is 0 Å². The lowest BCUT2D eigenvalue weighted by atomic mass is 10.1. The van der Waals surface area contributed by atoms with Gasteiger partial charge in [0.1, 0.15) is 16.5 Å². The Morgan fingerprint density at radius 3 is 2.43 bits per heavy atom. The third-order valence-electron chi connectivity index (χ3n) is 3.98. The van der Waals surface area contributed by atoms with Crippen LogP contribution in [0.1, 0.15) is 12.5 Å². The maximum Gasteiger partial charge on any atom is 0.418 e. The molecule has 2 aromatic carbocycles. The Bertz CT molecular complexity index is 1040. The highest BCUT2D eigenvalue weighted by molar-refractivity contribution is 7.89. The highest BCUT2D eigenvalue weighted by atomic mass is 35.5. The van der Waals surface area contributed by atoms with Crippen molar-refractivity contribution in [1.82, 2.24) is 4.31 Å². The van der Waals surface area contributed by atoms with Gasteiger partial charge < -0.3 is 10.1 Å². The van der Waals surface area contributed by atoms with Gasteiger partial charge in [0, 0.05) is 11.6 Å². The number of sulfonamides is 1. The molecule has 0 aliphatic carbocycles. The zero-order chi connectivity index (χ0) is 22.7. The number of anilines is 1. The van der Waals surface area contributed by atoms with Crippen LogP contribution in [-0.4, -0.2) is 38.8 Å². The molecule has 30 heavy (non-hydrogen) atoms. The van der Waals surface area contributed by atoms with Gasteiger partial charge in [0.2, 0.25) is 15.9 Å². The molecule has 0 atom stereocenters. The van der Waals surface area contributed by atoms with E-state index >= 15 is 0 Å². The van der Waals surface area contributed by atoms with Gasteiger partial charge in [0.25, 0.3) is 0 Å². The minimum atomic E-state index is -4.79. The lowest BCUT2D eigenvalue weighted by Crippen LogP contribution is -2.38. The van der Waals surface area contributed by atoms with E-state index in [1.807, 2.05) is 5.32 Å². The van der Waals surface area contributed by atoms with E-state index in [-0.39, 0.29) is 17.3 Å². The van der Waals surface area contributed by atoms with Gasteiger partial charge in [-0.1, -0.05) is 18.5 Å². The minimum absolute atomic E-state index is 0.146. The van der Waals surface area contributed by atoms with Gasteiger partial charge in [-0.15, -0.1) is 0 Å². The number of alkyl halides is 3. The standard InChI is InChI=1S/C18H17ClF4N2O4S/c1-3-25(30(27,28)16-9-12(20)5-7-15(16)29-2)10-17(26)24-14-6-4-11(19)8-13(14)18(21,22)23/h4-9H,3,10H2,1-2H3,(H,24,26). The molecule has 6 nitrogen and oxygen atoms in total. The molecule has 0 aliphatic heterocycles. The van der Waals surface area contributed by atoms with Crippen molar-refractivity contribution < 1.29 is 35.5 Å². The molecule has 12 heteroatoms. The third kappa shape index (κ3) is 5.41. The van der Waals surface area contributed by atoms with Crippen LogP contribution in [0, 0.1) is 5.82 Å². The predicted molar refractivity (Wildman–Crippen MR) is 102 cm³/mol. The smallest absolute Gasteiger partial charge is 0.418 e. The normalized spacial score (nSPS) is 12.1. The number of ether oxygens (including phenoxy) is 1. The van der Waals surface area contributed by atoms with Crippen molar-refractivity contribution >= 4 is 33.2 Å². The average molecular weight is 469 g/mol. The number of carbonyl (C=O) groups is 1. The van der Waals surface area contributed by atoms with Gasteiger partial charge in [-0.3, -0.25) is 4.79 Å². The molecule has 1 N–H and O–H groups in total. The van der Waals surface area contributed by atoms with Crippen LogP contribution >= 0.6 is 11.6 Å². The fourth-order valence-corrected chi connectivity index (χ4v) is 4.31. The molecule has 0 aromatic heterocycles. The fraction of sp³-hybridized carbons (Fsp3) is 0.278. The van der Waals surface area contributed by atoms with E-state index in [1.54, 1.807) is 0 Å². The summed E-state index contributed by atoms with van der Waals surface area (Å²) in [5.74, 6) is -2.01. The quantitative estimate of drug-likeness (QED) is 0.619. The molecule has 0 bridgehead atoms. The number of carbonyl (C=O) groups excluding carboxylic acids is 1. The third-order valence-corrected chi connectivity index (χ3v) is 6.15. The van der Waals surface area contributed by atoms with Crippen LogP contribution in [0.3, 0.4) is 0 Å². The van der Waals surface area contributed by atoms with E-state index in [0.717, 1.165) is 30.3 Å². The van der Waals surface area contributed by atoms with E-state index in [0.29, 0.717) is 10.4 Å². The van der Waals surface area contributed by atoms with Gasteiger partial charge in [0.05, 0.1) is 24.9 Å². The van der Waals surface area contributed by atoms with Crippen LogP contribution in [0.5, 0.6) is 5.75 Å². The highest BCUT2D eigenvalue weighted by Crippen LogP contribution is 2.36. The number of nitrogens with one attached hydrogen (secondary N) is 1. The van der Waals surface area contributed by atoms with Gasteiger partial charge in [-0.25, -0.2) is 12.8 Å². The molecular formula is C18H17ClF4N2O4S. The summed E-state index contributed by atoms with van der Waals surface area (Å²) >= 11 is 5.59. The first-order chi connectivity index (χ1) is 13.9. The van der Waals surface area contributed by atoms with Gasteiger partial charge >= 0.3 is 6.18 Å². The molecule has 0 saturated carbocycles. The van der Waals surface area contributed by atoms with Crippen molar-refractivity contribution in [3.8, 4) is 5.75 Å². The Kier molecular flexibility index (Phi) is 7.32. The summed E-state index contributed by atoms with van der Waals surface area (Å²) in [6.07, 6.45) is -4.79. The first-order valence-electron chi connectivity index (χ1n) is 8.40. The van der Waals surface area contributed by atoms with Crippen molar-refractivity contribution in [3.05, 3.63) is 52.8 Å². The molecule has 2 rings (SSSR count). The Labute approximate surface area is 175 Å². The summed E-state index contributed by atoms with van der Waals surface area (Å²) in [7, 11) is -3.20. The van der Waals surface area contributed by atoms with Gasteiger partial charge in [-0.05, 0) is 36.4 Å². The van der Waals surface area contributed by atoms with E-state index in [9.17, 15) is 30.8 Å².